The van der Waals surface area contributed by atoms with Crippen molar-refractivity contribution in [3.8, 4) is 0 Å². The zero-order valence-electron chi connectivity index (χ0n) is 18.7. The minimum Gasteiger partial charge on any atom is -0.382 e. The summed E-state index contributed by atoms with van der Waals surface area (Å²) in [5.74, 6) is 0.0618. The van der Waals surface area contributed by atoms with Crippen molar-refractivity contribution in [2.45, 2.75) is 25.2 Å². The molecule has 0 saturated carbocycles. The van der Waals surface area contributed by atoms with Crippen LogP contribution in [0, 0.1) is 0 Å². The van der Waals surface area contributed by atoms with Gasteiger partial charge < -0.3 is 15.4 Å². The number of rotatable bonds is 2. The van der Waals surface area contributed by atoms with Crippen LogP contribution in [0.3, 0.4) is 0 Å². The van der Waals surface area contributed by atoms with Crippen LogP contribution in [0.2, 0.25) is 0 Å². The smallest absolute Gasteiger partial charge is 0.382 e. The van der Waals surface area contributed by atoms with Gasteiger partial charge in [0.25, 0.3) is 5.91 Å². The fourth-order valence-electron chi connectivity index (χ4n) is 4.59. The summed E-state index contributed by atoms with van der Waals surface area (Å²) >= 11 is 0. The third kappa shape index (κ3) is 3.45. The number of amides is 1. The Hall–Kier alpha value is -3.66. The first kappa shape index (κ1) is 22.1. The number of nitrogen functional groups attached to an aromatic ring is 1. The lowest BCUT2D eigenvalue weighted by molar-refractivity contribution is -0.137. The molecule has 1 aliphatic heterocycles. The molecule has 2 aromatic carbocycles. The van der Waals surface area contributed by atoms with Gasteiger partial charge in [0.15, 0.2) is 0 Å². The number of nitrogens with two attached hydrogens (primary N) is 1. The molecule has 2 N–H and O–H groups in total. The first-order valence-electron chi connectivity index (χ1n) is 10.7. The van der Waals surface area contributed by atoms with Gasteiger partial charge in [0.1, 0.15) is 11.3 Å². The van der Waals surface area contributed by atoms with Crippen LogP contribution in [-0.2, 0) is 18.0 Å². The van der Waals surface area contributed by atoms with Gasteiger partial charge in [-0.2, -0.15) is 18.3 Å². The van der Waals surface area contributed by atoms with E-state index in [4.69, 9.17) is 10.5 Å². The molecule has 0 spiro atoms. The molecule has 2 aromatic heterocycles. The first-order chi connectivity index (χ1) is 16.1. The van der Waals surface area contributed by atoms with Gasteiger partial charge in [0, 0.05) is 30.4 Å². The lowest BCUT2D eigenvalue weighted by Crippen LogP contribution is -2.37. The molecule has 1 aliphatic rings. The highest BCUT2D eigenvalue weighted by Crippen LogP contribution is 2.39. The molecule has 3 heterocycles. The maximum atomic E-state index is 13.4. The van der Waals surface area contributed by atoms with Crippen molar-refractivity contribution < 1.29 is 22.7 Å². The molecular weight excluding hydrogens is 447 g/mol. The summed E-state index contributed by atoms with van der Waals surface area (Å²) in [6, 6.07) is 8.20. The number of hydrogen-bond acceptors (Lipinski definition) is 5. The third-order valence-corrected chi connectivity index (χ3v) is 6.46. The largest absolute Gasteiger partial charge is 0.416 e. The molecule has 4 aromatic rings. The Morgan fingerprint density at radius 2 is 1.94 bits per heavy atom. The van der Waals surface area contributed by atoms with Gasteiger partial charge in [0.2, 0.25) is 0 Å². The standard InChI is InChI=1S/C24H22F3N5O2/c1-12-16-9-14(24(25,26)27)5-6-15(16)20(11-34-12)31(2)23(33)13-4-7-19-17(8-13)18-10-29-32(3)21(18)22(28)30-19/h4-10,12,20H,11H2,1-3H3,(H2,28,30)/t12-,20-/m1/s1. The molecule has 2 atom stereocenters. The van der Waals surface area contributed by atoms with Crippen molar-refractivity contribution in [1.82, 2.24) is 19.7 Å². The lowest BCUT2D eigenvalue weighted by Gasteiger charge is -2.36. The predicted octanol–water partition coefficient (Wildman–Crippen LogP) is 4.63. The highest BCUT2D eigenvalue weighted by Gasteiger charge is 2.36. The van der Waals surface area contributed by atoms with Gasteiger partial charge in [-0.15, -0.1) is 0 Å². The molecule has 34 heavy (non-hydrogen) atoms. The number of ether oxygens (including phenoxy) is 1. The van der Waals surface area contributed by atoms with Crippen LogP contribution in [-0.4, -0.2) is 39.2 Å². The third-order valence-electron chi connectivity index (χ3n) is 6.46. The molecule has 7 nitrogen and oxygen atoms in total. The second-order valence-electron chi connectivity index (χ2n) is 8.51. The Kier molecular flexibility index (Phi) is 5.01. The van der Waals surface area contributed by atoms with E-state index in [9.17, 15) is 18.0 Å². The fraction of sp³-hybridized carbons (Fsp3) is 0.292. The van der Waals surface area contributed by atoms with E-state index in [1.807, 2.05) is 0 Å². The summed E-state index contributed by atoms with van der Waals surface area (Å²) < 4.78 is 47.1. The predicted molar refractivity (Wildman–Crippen MR) is 121 cm³/mol. The fourth-order valence-corrected chi connectivity index (χ4v) is 4.59. The van der Waals surface area contributed by atoms with E-state index in [0.29, 0.717) is 33.5 Å². The number of carbonyl (C=O) groups excluding carboxylic acids is 1. The monoisotopic (exact) mass is 469 g/mol. The maximum Gasteiger partial charge on any atom is 0.416 e. The van der Waals surface area contributed by atoms with E-state index in [0.717, 1.165) is 22.9 Å². The van der Waals surface area contributed by atoms with Crippen molar-refractivity contribution in [3.05, 3.63) is 64.8 Å². The number of likely N-dealkylation sites (N-methyl/N-ethyl adjacent to an activating group) is 1. The van der Waals surface area contributed by atoms with Crippen LogP contribution in [0.5, 0.6) is 0 Å². The second-order valence-corrected chi connectivity index (χ2v) is 8.51. The number of fused-ring (bicyclic) bond motifs is 4. The van der Waals surface area contributed by atoms with Gasteiger partial charge in [-0.3, -0.25) is 9.48 Å². The van der Waals surface area contributed by atoms with Crippen molar-refractivity contribution in [1.29, 1.82) is 0 Å². The molecule has 0 fully saturated rings. The van der Waals surface area contributed by atoms with Gasteiger partial charge in [-0.25, -0.2) is 4.98 Å². The van der Waals surface area contributed by atoms with Crippen LogP contribution < -0.4 is 5.73 Å². The van der Waals surface area contributed by atoms with Crippen molar-refractivity contribution >= 4 is 33.5 Å². The Morgan fingerprint density at radius 3 is 2.68 bits per heavy atom. The molecule has 10 heteroatoms. The molecule has 0 radical (unpaired) electrons. The topological polar surface area (TPSA) is 86.3 Å². The number of hydrogen-bond donors (Lipinski definition) is 1. The Morgan fingerprint density at radius 1 is 1.18 bits per heavy atom. The number of benzene rings is 2. The minimum absolute atomic E-state index is 0.181. The van der Waals surface area contributed by atoms with E-state index >= 15 is 0 Å². The van der Waals surface area contributed by atoms with E-state index < -0.39 is 23.9 Å². The minimum atomic E-state index is -4.45. The molecule has 0 saturated heterocycles. The van der Waals surface area contributed by atoms with Gasteiger partial charge in [-0.1, -0.05) is 6.07 Å². The van der Waals surface area contributed by atoms with E-state index in [2.05, 4.69) is 10.1 Å². The number of pyridine rings is 1. The highest BCUT2D eigenvalue weighted by atomic mass is 19.4. The van der Waals surface area contributed by atoms with E-state index in [1.165, 1.54) is 11.0 Å². The average molecular weight is 469 g/mol. The quantitative estimate of drug-likeness (QED) is 0.463. The average Bonchev–Trinajstić information content (AvgIpc) is 3.20. The molecule has 0 bridgehead atoms. The van der Waals surface area contributed by atoms with Crippen molar-refractivity contribution in [3.63, 3.8) is 0 Å². The summed E-state index contributed by atoms with van der Waals surface area (Å²) in [4.78, 5) is 19.4. The Labute approximate surface area is 192 Å². The molecule has 176 valence electrons. The second kappa shape index (κ2) is 7.69. The van der Waals surface area contributed by atoms with Crippen LogP contribution >= 0.6 is 0 Å². The molecule has 5 rings (SSSR count). The summed E-state index contributed by atoms with van der Waals surface area (Å²) in [5.41, 5.74) is 8.14. The van der Waals surface area contributed by atoms with Gasteiger partial charge in [-0.05, 0) is 48.4 Å². The molecular formula is C24H22F3N5O2. The van der Waals surface area contributed by atoms with Crippen LogP contribution in [0.25, 0.3) is 21.8 Å². The number of alkyl halides is 3. The number of halogens is 3. The van der Waals surface area contributed by atoms with Gasteiger partial charge in [0.05, 0.1) is 36.0 Å². The number of aromatic nitrogens is 3. The molecule has 0 aliphatic carbocycles. The molecule has 1 amide bonds. The number of aryl methyl sites for hydroxylation is 1. The maximum absolute atomic E-state index is 13.4. The Balaban J connectivity index is 1.53. The van der Waals surface area contributed by atoms with Crippen LogP contribution in [0.1, 0.15) is 46.1 Å². The Bertz CT molecular complexity index is 1450. The normalized spacial score (nSPS) is 18.3. The molecule has 0 unspecified atom stereocenters. The van der Waals surface area contributed by atoms with E-state index in [-0.39, 0.29) is 12.5 Å². The lowest BCUT2D eigenvalue weighted by atomic mass is 9.91. The van der Waals surface area contributed by atoms with Crippen molar-refractivity contribution in [2.24, 2.45) is 7.05 Å². The summed E-state index contributed by atoms with van der Waals surface area (Å²) in [6.45, 7) is 1.89. The zero-order chi connectivity index (χ0) is 24.4. The van der Waals surface area contributed by atoms with Crippen molar-refractivity contribution in [2.75, 3.05) is 19.4 Å². The van der Waals surface area contributed by atoms with Crippen LogP contribution in [0.4, 0.5) is 19.0 Å². The zero-order valence-corrected chi connectivity index (χ0v) is 18.7. The summed E-state index contributed by atoms with van der Waals surface area (Å²) in [5, 5.41) is 5.77. The van der Waals surface area contributed by atoms with Crippen LogP contribution in [0.15, 0.2) is 42.6 Å². The number of nitrogens with zero attached hydrogens (tertiary/aromatic N) is 4. The first-order valence-corrected chi connectivity index (χ1v) is 10.7. The number of carbonyl (C=O) groups is 1. The number of anilines is 1. The van der Waals surface area contributed by atoms with Gasteiger partial charge >= 0.3 is 6.18 Å². The summed E-state index contributed by atoms with van der Waals surface area (Å²) in [6.07, 6.45) is -3.28. The summed E-state index contributed by atoms with van der Waals surface area (Å²) in [7, 11) is 3.39. The SMILES string of the molecule is C[C@H]1OC[C@@H](N(C)C(=O)c2ccc3nc(N)c4c(cnn4C)c3c2)c2ccc(C(F)(F)F)cc21. The highest BCUT2D eigenvalue weighted by molar-refractivity contribution is 6.10. The van der Waals surface area contributed by atoms with E-state index in [1.54, 1.807) is 50.1 Å².